The van der Waals surface area contributed by atoms with Crippen LogP contribution in [0.5, 0.6) is 0 Å². The summed E-state index contributed by atoms with van der Waals surface area (Å²) in [5.41, 5.74) is 3.14. The first kappa shape index (κ1) is 16.7. The molecular formula is C20H23FN2O. The van der Waals surface area contributed by atoms with Crippen molar-refractivity contribution in [3.05, 3.63) is 71.0 Å². The Kier molecular flexibility index (Phi) is 5.26. The molecule has 0 aromatic heterocycles. The van der Waals surface area contributed by atoms with Crippen LogP contribution in [0.1, 0.15) is 29.7 Å². The summed E-state index contributed by atoms with van der Waals surface area (Å²) < 4.78 is 13.5. The van der Waals surface area contributed by atoms with Crippen LogP contribution in [0, 0.1) is 5.82 Å². The fourth-order valence-electron chi connectivity index (χ4n) is 3.18. The number of hydrogen-bond donors (Lipinski definition) is 1. The number of benzene rings is 2. The van der Waals surface area contributed by atoms with E-state index in [0.29, 0.717) is 19.5 Å². The van der Waals surface area contributed by atoms with Crippen molar-refractivity contribution in [1.82, 2.24) is 10.2 Å². The normalized spacial score (nSPS) is 17.8. The van der Waals surface area contributed by atoms with E-state index in [4.69, 9.17) is 0 Å². The lowest BCUT2D eigenvalue weighted by Gasteiger charge is -2.36. The van der Waals surface area contributed by atoms with Crippen molar-refractivity contribution in [2.45, 2.75) is 25.8 Å². The molecule has 3 nitrogen and oxygen atoms in total. The van der Waals surface area contributed by atoms with Crippen LogP contribution < -0.4 is 5.32 Å². The molecule has 3 rings (SSSR count). The lowest BCUT2D eigenvalue weighted by molar-refractivity contribution is -0.133. The smallest absolute Gasteiger partial charge is 0.227 e. The molecule has 2 aromatic rings. The van der Waals surface area contributed by atoms with E-state index >= 15 is 0 Å². The van der Waals surface area contributed by atoms with Crippen molar-refractivity contribution in [3.63, 3.8) is 0 Å². The van der Waals surface area contributed by atoms with Crippen molar-refractivity contribution < 1.29 is 9.18 Å². The van der Waals surface area contributed by atoms with Gasteiger partial charge < -0.3 is 10.2 Å². The maximum atomic E-state index is 13.5. The maximum Gasteiger partial charge on any atom is 0.227 e. The van der Waals surface area contributed by atoms with Gasteiger partial charge in [0.25, 0.3) is 0 Å². The average Bonchev–Trinajstić information content (AvgIpc) is 2.62. The largest absolute Gasteiger partial charge is 0.333 e. The predicted octanol–water partition coefficient (Wildman–Crippen LogP) is 3.10. The molecule has 1 aliphatic heterocycles. The predicted molar refractivity (Wildman–Crippen MR) is 93.2 cm³/mol. The van der Waals surface area contributed by atoms with Gasteiger partial charge in [-0.15, -0.1) is 0 Å². The quantitative estimate of drug-likeness (QED) is 0.936. The highest BCUT2D eigenvalue weighted by molar-refractivity contribution is 5.79. The molecular weight excluding hydrogens is 303 g/mol. The number of nitrogens with one attached hydrogen (secondary N) is 1. The Morgan fingerprint density at radius 2 is 1.96 bits per heavy atom. The van der Waals surface area contributed by atoms with Crippen molar-refractivity contribution in [2.24, 2.45) is 0 Å². The lowest BCUT2D eigenvalue weighted by atomic mass is 10.0. The van der Waals surface area contributed by atoms with Gasteiger partial charge in [0, 0.05) is 19.6 Å². The first-order chi connectivity index (χ1) is 11.7. The second kappa shape index (κ2) is 7.58. The third-order valence-electron chi connectivity index (χ3n) is 4.58. The number of piperazine rings is 1. The summed E-state index contributed by atoms with van der Waals surface area (Å²) in [7, 11) is 0. The first-order valence-corrected chi connectivity index (χ1v) is 8.51. The molecule has 126 valence electrons. The van der Waals surface area contributed by atoms with Crippen LogP contribution in [0.2, 0.25) is 0 Å². The molecule has 0 aliphatic carbocycles. The Morgan fingerprint density at radius 1 is 1.21 bits per heavy atom. The molecule has 1 amide bonds. The minimum atomic E-state index is -0.263. The highest BCUT2D eigenvalue weighted by Gasteiger charge is 2.27. The van der Waals surface area contributed by atoms with Crippen molar-refractivity contribution in [1.29, 1.82) is 0 Å². The molecule has 1 unspecified atom stereocenters. The fraction of sp³-hybridized carbons (Fsp3) is 0.350. The molecule has 1 heterocycles. The lowest BCUT2D eigenvalue weighted by Crippen LogP contribution is -2.49. The van der Waals surface area contributed by atoms with E-state index in [9.17, 15) is 9.18 Å². The van der Waals surface area contributed by atoms with Crippen LogP contribution in [-0.4, -0.2) is 30.4 Å². The van der Waals surface area contributed by atoms with Crippen molar-refractivity contribution in [2.75, 3.05) is 19.6 Å². The van der Waals surface area contributed by atoms with E-state index in [2.05, 4.69) is 24.4 Å². The molecule has 4 heteroatoms. The standard InChI is InChI=1S/C20H23FN2O/c1-2-15-6-8-16(9-7-15)12-20(24)23-11-10-22-14-19(23)17-4-3-5-18(21)13-17/h3-9,13,19,22H,2,10-12,14H2,1H3. The Morgan fingerprint density at radius 3 is 2.67 bits per heavy atom. The maximum absolute atomic E-state index is 13.5. The molecule has 2 aromatic carbocycles. The van der Waals surface area contributed by atoms with Crippen LogP contribution in [0.4, 0.5) is 4.39 Å². The number of rotatable bonds is 4. The van der Waals surface area contributed by atoms with Gasteiger partial charge in [-0.05, 0) is 35.2 Å². The Balaban J connectivity index is 1.75. The van der Waals surface area contributed by atoms with Crippen LogP contribution in [0.25, 0.3) is 0 Å². The van der Waals surface area contributed by atoms with E-state index < -0.39 is 0 Å². The molecule has 1 aliphatic rings. The Labute approximate surface area is 142 Å². The average molecular weight is 326 g/mol. The van der Waals surface area contributed by atoms with Crippen molar-refractivity contribution >= 4 is 5.91 Å². The summed E-state index contributed by atoms with van der Waals surface area (Å²) in [6.45, 7) is 4.19. The van der Waals surface area contributed by atoms with Gasteiger partial charge in [0.1, 0.15) is 5.82 Å². The van der Waals surface area contributed by atoms with Gasteiger partial charge >= 0.3 is 0 Å². The molecule has 1 fully saturated rings. The molecule has 0 spiro atoms. The van der Waals surface area contributed by atoms with Crippen molar-refractivity contribution in [3.8, 4) is 0 Å². The van der Waals surface area contributed by atoms with Crippen LogP contribution in [0.3, 0.4) is 0 Å². The van der Waals surface area contributed by atoms with Gasteiger partial charge in [-0.3, -0.25) is 4.79 Å². The first-order valence-electron chi connectivity index (χ1n) is 8.51. The highest BCUT2D eigenvalue weighted by Crippen LogP contribution is 2.24. The number of aryl methyl sites for hydroxylation is 1. The molecule has 1 N–H and O–H groups in total. The second-order valence-corrected chi connectivity index (χ2v) is 6.21. The van der Waals surface area contributed by atoms with E-state index in [1.165, 1.54) is 17.7 Å². The number of hydrogen-bond acceptors (Lipinski definition) is 2. The summed E-state index contributed by atoms with van der Waals surface area (Å²) in [6.07, 6.45) is 1.38. The van der Waals surface area contributed by atoms with Gasteiger partial charge in [-0.25, -0.2) is 4.39 Å². The SMILES string of the molecule is CCc1ccc(CC(=O)N2CCNCC2c2cccc(F)c2)cc1. The Bertz CT molecular complexity index is 699. The number of carbonyl (C=O) groups is 1. The molecule has 0 radical (unpaired) electrons. The monoisotopic (exact) mass is 326 g/mol. The summed E-state index contributed by atoms with van der Waals surface area (Å²) >= 11 is 0. The molecule has 1 atom stereocenters. The third kappa shape index (κ3) is 3.82. The van der Waals surface area contributed by atoms with Crippen LogP contribution in [-0.2, 0) is 17.6 Å². The summed E-state index contributed by atoms with van der Waals surface area (Å²) in [5, 5.41) is 3.30. The van der Waals surface area contributed by atoms with Crippen LogP contribution >= 0.6 is 0 Å². The zero-order valence-electron chi connectivity index (χ0n) is 14.0. The van der Waals surface area contributed by atoms with Crippen LogP contribution in [0.15, 0.2) is 48.5 Å². The number of amides is 1. The minimum absolute atomic E-state index is 0.0926. The summed E-state index contributed by atoms with van der Waals surface area (Å²) in [6, 6.07) is 14.6. The Hall–Kier alpha value is -2.20. The number of nitrogens with zero attached hydrogens (tertiary/aromatic N) is 1. The van der Waals surface area contributed by atoms with E-state index in [0.717, 1.165) is 24.1 Å². The van der Waals surface area contributed by atoms with Gasteiger partial charge in [-0.2, -0.15) is 0 Å². The van der Waals surface area contributed by atoms with Gasteiger partial charge in [0.2, 0.25) is 5.91 Å². The third-order valence-corrected chi connectivity index (χ3v) is 4.58. The molecule has 0 bridgehead atoms. The zero-order chi connectivity index (χ0) is 16.9. The van der Waals surface area contributed by atoms with Gasteiger partial charge in [-0.1, -0.05) is 43.3 Å². The topological polar surface area (TPSA) is 32.3 Å². The number of halogens is 1. The van der Waals surface area contributed by atoms with E-state index in [-0.39, 0.29) is 17.8 Å². The highest BCUT2D eigenvalue weighted by atomic mass is 19.1. The van der Waals surface area contributed by atoms with Gasteiger partial charge in [0.15, 0.2) is 0 Å². The minimum Gasteiger partial charge on any atom is -0.333 e. The van der Waals surface area contributed by atoms with E-state index in [1.807, 2.05) is 23.1 Å². The summed E-state index contributed by atoms with van der Waals surface area (Å²) in [5.74, 6) is -0.171. The van der Waals surface area contributed by atoms with E-state index in [1.54, 1.807) is 6.07 Å². The second-order valence-electron chi connectivity index (χ2n) is 6.21. The molecule has 1 saturated heterocycles. The number of carbonyl (C=O) groups excluding carboxylic acids is 1. The molecule has 24 heavy (non-hydrogen) atoms. The summed E-state index contributed by atoms with van der Waals surface area (Å²) in [4.78, 5) is 14.7. The van der Waals surface area contributed by atoms with Gasteiger partial charge in [0.05, 0.1) is 12.5 Å². The zero-order valence-corrected chi connectivity index (χ0v) is 14.0. The molecule has 0 saturated carbocycles. The fourth-order valence-corrected chi connectivity index (χ4v) is 3.18.